The lowest BCUT2D eigenvalue weighted by atomic mass is 9.93. The fourth-order valence-corrected chi connectivity index (χ4v) is 3.51. The molecule has 0 N–H and O–H groups in total. The first-order chi connectivity index (χ1) is 14.2. The fourth-order valence-electron chi connectivity index (χ4n) is 3.24. The van der Waals surface area contributed by atoms with Crippen LogP contribution in [0.25, 0.3) is 23.1 Å². The van der Waals surface area contributed by atoms with Crippen LogP contribution in [0, 0.1) is 0 Å². The predicted molar refractivity (Wildman–Crippen MR) is 120 cm³/mol. The molecule has 0 fully saturated rings. The molecule has 4 aromatic rings. The van der Waals surface area contributed by atoms with Crippen LogP contribution in [0.5, 0.6) is 0 Å². The van der Waals surface area contributed by atoms with Gasteiger partial charge in [0.2, 0.25) is 0 Å². The summed E-state index contributed by atoms with van der Waals surface area (Å²) in [5.74, 6) is -0.221. The summed E-state index contributed by atoms with van der Waals surface area (Å²) in [6.07, 6.45) is 4.47. The van der Waals surface area contributed by atoms with Gasteiger partial charge in [-0.3, -0.25) is 9.59 Å². The third-order valence-corrected chi connectivity index (χ3v) is 5.18. The molecule has 3 aromatic carbocycles. The van der Waals surface area contributed by atoms with Crippen molar-refractivity contribution in [1.29, 1.82) is 0 Å². The molecular weight excluding hydrogens is 426 g/mol. The van der Waals surface area contributed by atoms with Crippen LogP contribution in [0.15, 0.2) is 83.3 Å². The molecule has 29 heavy (non-hydrogen) atoms. The van der Waals surface area contributed by atoms with Gasteiger partial charge in [-0.05, 0) is 29.3 Å². The second-order valence-electron chi connectivity index (χ2n) is 6.50. The van der Waals surface area contributed by atoms with Crippen molar-refractivity contribution < 1.29 is 9.59 Å². The molecule has 0 saturated heterocycles. The Morgan fingerprint density at radius 2 is 1.52 bits per heavy atom. The number of aldehydes is 1. The number of hydrogen-bond acceptors (Lipinski definition) is 3. The molecule has 4 heteroatoms. The highest BCUT2D eigenvalue weighted by atomic mass is 79.9. The van der Waals surface area contributed by atoms with Gasteiger partial charge in [0, 0.05) is 15.4 Å². The first-order valence-corrected chi connectivity index (χ1v) is 9.88. The molecule has 1 aromatic heterocycles. The van der Waals surface area contributed by atoms with Crippen molar-refractivity contribution in [3.8, 4) is 0 Å². The van der Waals surface area contributed by atoms with Gasteiger partial charge in [-0.15, -0.1) is 0 Å². The fraction of sp³-hybridized carbons (Fsp3) is 0. The maximum atomic E-state index is 13.3. The maximum absolute atomic E-state index is 13.3. The lowest BCUT2D eigenvalue weighted by molar-refractivity contribution is 0.102. The Kier molecular flexibility index (Phi) is 5.45. The Morgan fingerprint density at radius 3 is 2.24 bits per heavy atom. The van der Waals surface area contributed by atoms with Crippen molar-refractivity contribution in [2.75, 3.05) is 0 Å². The number of pyridine rings is 1. The quantitative estimate of drug-likeness (QED) is 0.273. The van der Waals surface area contributed by atoms with E-state index in [2.05, 4.69) is 20.9 Å². The van der Waals surface area contributed by atoms with Crippen molar-refractivity contribution in [1.82, 2.24) is 4.98 Å². The molecule has 0 aliphatic heterocycles. The van der Waals surface area contributed by atoms with Crippen LogP contribution in [0.3, 0.4) is 0 Å². The number of aromatic nitrogens is 1. The smallest absolute Gasteiger partial charge is 0.195 e. The number of halogens is 1. The molecular formula is C25H16BrNO2. The molecule has 0 atom stereocenters. The second kappa shape index (κ2) is 8.33. The monoisotopic (exact) mass is 441 g/mol. The summed E-state index contributed by atoms with van der Waals surface area (Å²) >= 11 is 3.43. The zero-order valence-corrected chi connectivity index (χ0v) is 17.0. The molecule has 0 aliphatic rings. The number of carbonyl (C=O) groups is 2. The third kappa shape index (κ3) is 3.93. The Hall–Kier alpha value is -3.37. The zero-order valence-electron chi connectivity index (χ0n) is 15.4. The molecule has 0 amide bonds. The van der Waals surface area contributed by atoms with Gasteiger partial charge in [0.25, 0.3) is 0 Å². The van der Waals surface area contributed by atoms with Crippen molar-refractivity contribution in [3.05, 3.63) is 111 Å². The van der Waals surface area contributed by atoms with Crippen LogP contribution >= 0.6 is 15.9 Å². The molecule has 1 heterocycles. The number of para-hydroxylation sites is 1. The highest BCUT2D eigenvalue weighted by Gasteiger charge is 2.20. The largest absolute Gasteiger partial charge is 0.296 e. The minimum Gasteiger partial charge on any atom is -0.296 e. The van der Waals surface area contributed by atoms with Gasteiger partial charge < -0.3 is 0 Å². The Bertz CT molecular complexity index is 1230. The molecule has 0 bridgehead atoms. The molecule has 140 valence electrons. The van der Waals surface area contributed by atoms with E-state index in [0.29, 0.717) is 28.5 Å². The van der Waals surface area contributed by atoms with Crippen LogP contribution in [0.4, 0.5) is 0 Å². The number of nitrogens with zero attached hydrogens (tertiary/aromatic N) is 1. The average molecular weight is 442 g/mol. The summed E-state index contributed by atoms with van der Waals surface area (Å²) in [6, 6.07) is 24.3. The van der Waals surface area contributed by atoms with Gasteiger partial charge in [-0.25, -0.2) is 4.98 Å². The molecule has 0 radical (unpaired) electrons. The van der Waals surface area contributed by atoms with Crippen molar-refractivity contribution in [2.24, 2.45) is 0 Å². The highest BCUT2D eigenvalue weighted by molar-refractivity contribution is 9.10. The summed E-state index contributed by atoms with van der Waals surface area (Å²) < 4.78 is 0.993. The standard InChI is InChI=1S/C25H16BrNO2/c26-19-13-10-17(11-14-19)12-15-21-20-8-4-5-9-22(20)27-23(16-28)24(21)25(29)18-6-2-1-3-7-18/h1-16H/b15-12+. The van der Waals surface area contributed by atoms with Gasteiger partial charge in [-0.2, -0.15) is 0 Å². The van der Waals surface area contributed by atoms with Gasteiger partial charge in [0.05, 0.1) is 11.1 Å². The number of carbonyl (C=O) groups excluding carboxylic acids is 2. The van der Waals surface area contributed by atoms with E-state index in [1.807, 2.05) is 66.7 Å². The lowest BCUT2D eigenvalue weighted by Gasteiger charge is -2.12. The predicted octanol–water partition coefficient (Wildman–Crippen LogP) is 6.21. The number of rotatable bonds is 5. The van der Waals surface area contributed by atoms with Gasteiger partial charge in [0.1, 0.15) is 5.69 Å². The van der Waals surface area contributed by atoms with E-state index >= 15 is 0 Å². The first-order valence-electron chi connectivity index (χ1n) is 9.08. The Morgan fingerprint density at radius 1 is 0.828 bits per heavy atom. The SMILES string of the molecule is O=Cc1nc2ccccc2c(/C=C/c2ccc(Br)cc2)c1C(=O)c1ccccc1. The van der Waals surface area contributed by atoms with Crippen LogP contribution in [-0.2, 0) is 0 Å². The van der Waals surface area contributed by atoms with Crippen LogP contribution in [0.2, 0.25) is 0 Å². The topological polar surface area (TPSA) is 47.0 Å². The second-order valence-corrected chi connectivity index (χ2v) is 7.42. The van der Waals surface area contributed by atoms with Gasteiger partial charge in [0.15, 0.2) is 12.1 Å². The normalized spacial score (nSPS) is 11.1. The minimum absolute atomic E-state index is 0.146. The molecule has 0 aliphatic carbocycles. The van der Waals surface area contributed by atoms with E-state index in [1.54, 1.807) is 24.3 Å². The molecule has 0 unspecified atom stereocenters. The summed E-state index contributed by atoms with van der Waals surface area (Å²) in [5.41, 5.74) is 3.33. The summed E-state index contributed by atoms with van der Waals surface area (Å²) in [7, 11) is 0. The Labute approximate surface area is 176 Å². The number of fused-ring (bicyclic) bond motifs is 1. The number of ketones is 1. The van der Waals surface area contributed by atoms with Gasteiger partial charge in [-0.1, -0.05) is 88.7 Å². The number of benzene rings is 3. The first kappa shape index (κ1) is 19.0. The Balaban J connectivity index is 1.95. The summed E-state index contributed by atoms with van der Waals surface area (Å²) in [4.78, 5) is 29.6. The molecule has 4 rings (SSSR count). The van der Waals surface area contributed by atoms with E-state index in [4.69, 9.17) is 0 Å². The van der Waals surface area contributed by atoms with E-state index in [1.165, 1.54) is 0 Å². The van der Waals surface area contributed by atoms with E-state index in [0.717, 1.165) is 15.4 Å². The van der Waals surface area contributed by atoms with Crippen molar-refractivity contribution >= 4 is 51.1 Å². The van der Waals surface area contributed by atoms with Crippen molar-refractivity contribution in [3.63, 3.8) is 0 Å². The maximum Gasteiger partial charge on any atom is 0.195 e. The van der Waals surface area contributed by atoms with Crippen molar-refractivity contribution in [2.45, 2.75) is 0 Å². The minimum atomic E-state index is -0.221. The lowest BCUT2D eigenvalue weighted by Crippen LogP contribution is -2.10. The van der Waals surface area contributed by atoms with Crippen LogP contribution in [0.1, 0.15) is 37.5 Å². The van der Waals surface area contributed by atoms with E-state index < -0.39 is 0 Å². The highest BCUT2D eigenvalue weighted by Crippen LogP contribution is 2.27. The summed E-state index contributed by atoms with van der Waals surface area (Å²) in [6.45, 7) is 0. The van der Waals surface area contributed by atoms with Gasteiger partial charge >= 0.3 is 0 Å². The van der Waals surface area contributed by atoms with E-state index in [9.17, 15) is 9.59 Å². The van der Waals surface area contributed by atoms with Crippen LogP contribution in [-0.4, -0.2) is 17.1 Å². The number of hydrogen-bond donors (Lipinski definition) is 0. The summed E-state index contributed by atoms with van der Waals surface area (Å²) in [5, 5.41) is 0.825. The average Bonchev–Trinajstić information content (AvgIpc) is 2.78. The van der Waals surface area contributed by atoms with E-state index in [-0.39, 0.29) is 11.5 Å². The molecule has 0 saturated carbocycles. The third-order valence-electron chi connectivity index (χ3n) is 4.65. The molecule has 3 nitrogen and oxygen atoms in total. The van der Waals surface area contributed by atoms with Crippen LogP contribution < -0.4 is 0 Å². The zero-order chi connectivity index (χ0) is 20.2. The molecule has 0 spiro atoms.